The Hall–Kier alpha value is -1.26. The minimum Gasteiger partial charge on any atom is -0.434 e. The first-order valence-electron chi connectivity index (χ1n) is 4.46. The molecule has 1 unspecified atom stereocenters. The molecule has 0 bridgehead atoms. The van der Waals surface area contributed by atoms with Crippen molar-refractivity contribution in [3.63, 3.8) is 0 Å². The van der Waals surface area contributed by atoms with E-state index in [1.165, 1.54) is 0 Å². The maximum atomic E-state index is 11.2. The van der Waals surface area contributed by atoms with Crippen molar-refractivity contribution in [1.82, 2.24) is 10.6 Å². The number of unbranched alkanes of at least 4 members (excludes halogenated alkanes) is 1. The van der Waals surface area contributed by atoms with E-state index in [0.29, 0.717) is 6.54 Å². The highest BCUT2D eigenvalue weighted by Gasteiger charge is 2.28. The summed E-state index contributed by atoms with van der Waals surface area (Å²) >= 11 is 0. The van der Waals surface area contributed by atoms with Gasteiger partial charge in [-0.3, -0.25) is 4.79 Å². The Balaban J connectivity index is 2.20. The Labute approximate surface area is 76.8 Å². The van der Waals surface area contributed by atoms with Gasteiger partial charge in [-0.1, -0.05) is 13.3 Å². The summed E-state index contributed by atoms with van der Waals surface area (Å²) in [6, 6.07) is 0. The lowest BCUT2D eigenvalue weighted by molar-refractivity contribution is -0.127. The van der Waals surface area contributed by atoms with Crippen LogP contribution in [0, 0.1) is 0 Å². The molecule has 74 valence electrons. The maximum absolute atomic E-state index is 11.2. The SMILES string of the molecule is CCCCNC(=O)C1CNC(=O)O1. The number of cyclic esters (lactones) is 1. The molecule has 1 rings (SSSR count). The van der Waals surface area contributed by atoms with Crippen LogP contribution in [-0.4, -0.2) is 31.2 Å². The molecule has 0 saturated carbocycles. The zero-order valence-corrected chi connectivity index (χ0v) is 7.63. The van der Waals surface area contributed by atoms with Crippen LogP contribution in [0.3, 0.4) is 0 Å². The smallest absolute Gasteiger partial charge is 0.408 e. The Bertz CT molecular complexity index is 206. The number of hydrogen-bond acceptors (Lipinski definition) is 3. The maximum Gasteiger partial charge on any atom is 0.408 e. The number of rotatable bonds is 4. The molecular formula is C8H14N2O3. The first-order chi connectivity index (χ1) is 6.24. The molecule has 1 aliphatic rings. The van der Waals surface area contributed by atoms with Gasteiger partial charge >= 0.3 is 6.09 Å². The van der Waals surface area contributed by atoms with Crippen LogP contribution >= 0.6 is 0 Å². The molecule has 0 radical (unpaired) electrons. The van der Waals surface area contributed by atoms with Crippen LogP contribution in [0.15, 0.2) is 0 Å². The third-order valence-corrected chi connectivity index (χ3v) is 1.80. The molecule has 1 aliphatic heterocycles. The van der Waals surface area contributed by atoms with Gasteiger partial charge in [0.1, 0.15) is 0 Å². The summed E-state index contributed by atoms with van der Waals surface area (Å²) in [5.41, 5.74) is 0. The van der Waals surface area contributed by atoms with Crippen molar-refractivity contribution in [3.05, 3.63) is 0 Å². The minimum atomic E-state index is -0.649. The van der Waals surface area contributed by atoms with E-state index in [9.17, 15) is 9.59 Å². The number of nitrogens with one attached hydrogen (secondary N) is 2. The molecule has 1 atom stereocenters. The summed E-state index contributed by atoms with van der Waals surface area (Å²) in [4.78, 5) is 21.8. The molecule has 5 heteroatoms. The highest BCUT2D eigenvalue weighted by Crippen LogP contribution is 1.99. The van der Waals surface area contributed by atoms with E-state index in [1.807, 2.05) is 6.92 Å². The van der Waals surface area contributed by atoms with Crippen LogP contribution in [0.25, 0.3) is 0 Å². The fourth-order valence-corrected chi connectivity index (χ4v) is 1.04. The van der Waals surface area contributed by atoms with Crippen molar-refractivity contribution >= 4 is 12.0 Å². The Kier molecular flexibility index (Phi) is 3.54. The standard InChI is InChI=1S/C8H14N2O3/c1-2-3-4-9-7(11)6-5-10-8(12)13-6/h6H,2-5H2,1H3,(H,9,11)(H,10,12). The molecule has 0 aromatic carbocycles. The molecule has 2 amide bonds. The third kappa shape index (κ3) is 2.93. The predicted octanol–water partition coefficient (Wildman–Crippen LogP) is 0.0111. The number of carbonyl (C=O) groups is 2. The van der Waals surface area contributed by atoms with E-state index in [4.69, 9.17) is 4.74 Å². The summed E-state index contributed by atoms with van der Waals surface area (Å²) in [6.07, 6.45) is 0.808. The van der Waals surface area contributed by atoms with Gasteiger partial charge in [0.2, 0.25) is 0 Å². The van der Waals surface area contributed by atoms with Crippen molar-refractivity contribution in [2.45, 2.75) is 25.9 Å². The van der Waals surface area contributed by atoms with Crippen LogP contribution in [0.4, 0.5) is 4.79 Å². The third-order valence-electron chi connectivity index (χ3n) is 1.80. The van der Waals surface area contributed by atoms with E-state index in [0.717, 1.165) is 12.8 Å². The van der Waals surface area contributed by atoms with Crippen LogP contribution in [-0.2, 0) is 9.53 Å². The number of alkyl carbamates (subject to hydrolysis) is 1. The average molecular weight is 186 g/mol. The second-order valence-electron chi connectivity index (χ2n) is 2.92. The van der Waals surface area contributed by atoms with Crippen molar-refractivity contribution in [3.8, 4) is 0 Å². The normalized spacial score (nSPS) is 20.7. The second-order valence-corrected chi connectivity index (χ2v) is 2.92. The van der Waals surface area contributed by atoms with Crippen LogP contribution < -0.4 is 10.6 Å². The predicted molar refractivity (Wildman–Crippen MR) is 46.2 cm³/mol. The van der Waals surface area contributed by atoms with Gasteiger partial charge < -0.3 is 15.4 Å². The van der Waals surface area contributed by atoms with Gasteiger partial charge in [0, 0.05) is 6.54 Å². The van der Waals surface area contributed by atoms with Crippen LogP contribution in [0.1, 0.15) is 19.8 Å². The lowest BCUT2D eigenvalue weighted by atomic mass is 10.3. The Morgan fingerprint density at radius 2 is 2.54 bits per heavy atom. The molecular weight excluding hydrogens is 172 g/mol. The van der Waals surface area contributed by atoms with E-state index in [1.54, 1.807) is 0 Å². The second kappa shape index (κ2) is 4.69. The van der Waals surface area contributed by atoms with Crippen molar-refractivity contribution in [2.24, 2.45) is 0 Å². The fraction of sp³-hybridized carbons (Fsp3) is 0.750. The van der Waals surface area contributed by atoms with Gasteiger partial charge in [-0.15, -0.1) is 0 Å². The number of carbonyl (C=O) groups excluding carboxylic acids is 2. The molecule has 1 saturated heterocycles. The van der Waals surface area contributed by atoms with E-state index in [2.05, 4.69) is 10.6 Å². The van der Waals surface area contributed by atoms with E-state index >= 15 is 0 Å². The summed E-state index contributed by atoms with van der Waals surface area (Å²) in [6.45, 7) is 2.96. The molecule has 0 aromatic heterocycles. The lowest BCUT2D eigenvalue weighted by Gasteiger charge is -2.07. The summed E-state index contributed by atoms with van der Waals surface area (Å²) < 4.78 is 4.69. The largest absolute Gasteiger partial charge is 0.434 e. The highest BCUT2D eigenvalue weighted by atomic mass is 16.6. The van der Waals surface area contributed by atoms with Gasteiger partial charge in [0.25, 0.3) is 5.91 Å². The summed E-state index contributed by atoms with van der Waals surface area (Å²) in [5, 5.41) is 5.11. The number of hydrogen-bond donors (Lipinski definition) is 2. The zero-order valence-electron chi connectivity index (χ0n) is 7.63. The molecule has 1 fully saturated rings. The van der Waals surface area contributed by atoms with Crippen molar-refractivity contribution in [1.29, 1.82) is 0 Å². The molecule has 0 aliphatic carbocycles. The summed E-state index contributed by atoms with van der Waals surface area (Å²) in [7, 11) is 0. The first kappa shape index (κ1) is 9.83. The van der Waals surface area contributed by atoms with Gasteiger partial charge in [-0.2, -0.15) is 0 Å². The Morgan fingerprint density at radius 1 is 1.77 bits per heavy atom. The van der Waals surface area contributed by atoms with Gasteiger partial charge in [-0.05, 0) is 6.42 Å². The van der Waals surface area contributed by atoms with E-state index in [-0.39, 0.29) is 12.5 Å². The average Bonchev–Trinajstić information content (AvgIpc) is 2.52. The topological polar surface area (TPSA) is 67.4 Å². The first-order valence-corrected chi connectivity index (χ1v) is 4.46. The van der Waals surface area contributed by atoms with E-state index < -0.39 is 12.2 Å². The lowest BCUT2D eigenvalue weighted by Crippen LogP contribution is -2.37. The minimum absolute atomic E-state index is 0.216. The van der Waals surface area contributed by atoms with Gasteiger partial charge in [-0.25, -0.2) is 4.79 Å². The molecule has 13 heavy (non-hydrogen) atoms. The van der Waals surface area contributed by atoms with Crippen molar-refractivity contribution in [2.75, 3.05) is 13.1 Å². The zero-order chi connectivity index (χ0) is 9.68. The fourth-order valence-electron chi connectivity index (χ4n) is 1.04. The van der Waals surface area contributed by atoms with Crippen LogP contribution in [0.5, 0.6) is 0 Å². The molecule has 1 heterocycles. The summed E-state index contributed by atoms with van der Waals surface area (Å²) in [5.74, 6) is -0.216. The molecule has 0 spiro atoms. The number of ether oxygens (including phenoxy) is 1. The number of amides is 2. The van der Waals surface area contributed by atoms with Gasteiger partial charge in [0.05, 0.1) is 6.54 Å². The van der Waals surface area contributed by atoms with Gasteiger partial charge in [0.15, 0.2) is 6.10 Å². The highest BCUT2D eigenvalue weighted by molar-refractivity contribution is 5.86. The quantitative estimate of drug-likeness (QED) is 0.608. The molecule has 2 N–H and O–H groups in total. The monoisotopic (exact) mass is 186 g/mol. The molecule has 0 aromatic rings. The van der Waals surface area contributed by atoms with Crippen LogP contribution in [0.2, 0.25) is 0 Å². The van der Waals surface area contributed by atoms with Crippen molar-refractivity contribution < 1.29 is 14.3 Å². The Morgan fingerprint density at radius 3 is 3.08 bits per heavy atom. The molecule has 5 nitrogen and oxygen atoms in total.